The van der Waals surface area contributed by atoms with Crippen molar-refractivity contribution >= 4 is 0 Å². The molecule has 1 heteroatoms. The first-order valence-electron chi connectivity index (χ1n) is 10.1. The highest BCUT2D eigenvalue weighted by Gasteiger charge is 2.34. The molecule has 0 unspecified atom stereocenters. The molecule has 126 valence electrons. The molecular weight excluding hydrogens is 268 g/mol. The molecule has 0 aromatic heterocycles. The van der Waals surface area contributed by atoms with E-state index in [0.29, 0.717) is 0 Å². The third kappa shape index (κ3) is 4.16. The summed E-state index contributed by atoms with van der Waals surface area (Å²) in [4.78, 5) is 0. The molecule has 0 amide bonds. The van der Waals surface area contributed by atoms with Crippen molar-refractivity contribution in [3.63, 3.8) is 0 Å². The lowest BCUT2D eigenvalue weighted by molar-refractivity contribution is 0.0678. The second-order valence-electron chi connectivity index (χ2n) is 8.44. The van der Waals surface area contributed by atoms with Crippen LogP contribution < -0.4 is 0 Å². The van der Waals surface area contributed by atoms with Gasteiger partial charge in [0.25, 0.3) is 0 Å². The maximum Gasteiger partial charge on any atom is 0.0540 e. The standard InChI is InChI=1S/C21H36O/c1-2-3-16-4-6-17(7-5-16)18-8-10-19(11-9-18)20-12-14-21(22)15-13-20/h2-3,16-22H,4-15H2,1H3/b3-2+. The minimum atomic E-state index is 0.0138. The van der Waals surface area contributed by atoms with Gasteiger partial charge in [0.15, 0.2) is 0 Å². The maximum absolute atomic E-state index is 9.69. The summed E-state index contributed by atoms with van der Waals surface area (Å²) in [7, 11) is 0. The molecule has 3 aliphatic carbocycles. The number of rotatable bonds is 3. The molecule has 22 heavy (non-hydrogen) atoms. The fourth-order valence-electron chi connectivity index (χ4n) is 5.74. The van der Waals surface area contributed by atoms with Gasteiger partial charge in [0.1, 0.15) is 0 Å². The minimum absolute atomic E-state index is 0.0138. The minimum Gasteiger partial charge on any atom is -0.393 e. The number of aliphatic hydroxyl groups excluding tert-OH is 1. The number of hydrogen-bond donors (Lipinski definition) is 1. The van der Waals surface area contributed by atoms with Gasteiger partial charge < -0.3 is 5.11 Å². The summed E-state index contributed by atoms with van der Waals surface area (Å²) in [5, 5.41) is 9.69. The average Bonchev–Trinajstić information content (AvgIpc) is 2.57. The lowest BCUT2D eigenvalue weighted by Crippen LogP contribution is -2.30. The van der Waals surface area contributed by atoms with Crippen LogP contribution in [0, 0.1) is 29.6 Å². The molecule has 0 radical (unpaired) electrons. The summed E-state index contributed by atoms with van der Waals surface area (Å²) in [6.07, 6.45) is 21.3. The van der Waals surface area contributed by atoms with Gasteiger partial charge in [0.05, 0.1) is 6.10 Å². The van der Waals surface area contributed by atoms with Gasteiger partial charge in [-0.1, -0.05) is 12.2 Å². The molecule has 3 rings (SSSR count). The van der Waals surface area contributed by atoms with Crippen LogP contribution in [-0.4, -0.2) is 11.2 Å². The predicted octanol–water partition coefficient (Wildman–Crippen LogP) is 5.73. The average molecular weight is 305 g/mol. The second kappa shape index (κ2) is 7.99. The zero-order valence-corrected chi connectivity index (χ0v) is 14.6. The fraction of sp³-hybridized carbons (Fsp3) is 0.905. The van der Waals surface area contributed by atoms with Crippen LogP contribution in [0.4, 0.5) is 0 Å². The Morgan fingerprint density at radius 1 is 0.591 bits per heavy atom. The highest BCUT2D eigenvalue weighted by Crippen LogP contribution is 2.45. The van der Waals surface area contributed by atoms with Crippen molar-refractivity contribution < 1.29 is 5.11 Å². The molecule has 1 nitrogen and oxygen atoms in total. The van der Waals surface area contributed by atoms with E-state index in [2.05, 4.69) is 19.1 Å². The Hall–Kier alpha value is -0.300. The zero-order valence-electron chi connectivity index (χ0n) is 14.6. The molecule has 1 N–H and O–H groups in total. The number of allylic oxidation sites excluding steroid dienone is 2. The smallest absolute Gasteiger partial charge is 0.0540 e. The quantitative estimate of drug-likeness (QED) is 0.660. The van der Waals surface area contributed by atoms with Crippen molar-refractivity contribution in [3.05, 3.63) is 12.2 Å². The second-order valence-corrected chi connectivity index (χ2v) is 8.44. The Labute approximate surface area is 137 Å². The Morgan fingerprint density at radius 2 is 0.955 bits per heavy atom. The summed E-state index contributed by atoms with van der Waals surface area (Å²) in [6, 6.07) is 0. The van der Waals surface area contributed by atoms with Gasteiger partial charge in [-0.15, -0.1) is 0 Å². The molecular formula is C21H36O. The van der Waals surface area contributed by atoms with Crippen LogP contribution in [-0.2, 0) is 0 Å². The molecule has 0 bridgehead atoms. The van der Waals surface area contributed by atoms with Gasteiger partial charge in [-0.3, -0.25) is 0 Å². The molecule has 0 aromatic carbocycles. The molecule has 0 saturated heterocycles. The number of aliphatic hydroxyl groups is 1. The van der Waals surface area contributed by atoms with E-state index in [0.717, 1.165) is 42.4 Å². The highest BCUT2D eigenvalue weighted by molar-refractivity contribution is 4.91. The molecule has 3 aliphatic rings. The van der Waals surface area contributed by atoms with Crippen molar-refractivity contribution in [1.82, 2.24) is 0 Å². The summed E-state index contributed by atoms with van der Waals surface area (Å²) < 4.78 is 0. The van der Waals surface area contributed by atoms with E-state index in [1.165, 1.54) is 64.2 Å². The van der Waals surface area contributed by atoms with E-state index in [1.807, 2.05) is 0 Å². The van der Waals surface area contributed by atoms with Crippen molar-refractivity contribution in [3.8, 4) is 0 Å². The van der Waals surface area contributed by atoms with Crippen molar-refractivity contribution in [2.75, 3.05) is 0 Å². The lowest BCUT2D eigenvalue weighted by atomic mass is 9.65. The highest BCUT2D eigenvalue weighted by atomic mass is 16.3. The van der Waals surface area contributed by atoms with E-state index < -0.39 is 0 Å². The maximum atomic E-state index is 9.69. The molecule has 3 fully saturated rings. The summed E-state index contributed by atoms with van der Waals surface area (Å²) in [5.41, 5.74) is 0. The summed E-state index contributed by atoms with van der Waals surface area (Å²) >= 11 is 0. The summed E-state index contributed by atoms with van der Waals surface area (Å²) in [5.74, 6) is 4.89. The Kier molecular flexibility index (Phi) is 6.02. The first-order chi connectivity index (χ1) is 10.8. The van der Waals surface area contributed by atoms with Crippen LogP contribution in [0.2, 0.25) is 0 Å². The SMILES string of the molecule is C/C=C/C1CCC(C2CCC(C3CCC(O)CC3)CC2)CC1. The predicted molar refractivity (Wildman–Crippen MR) is 93.7 cm³/mol. The van der Waals surface area contributed by atoms with Crippen LogP contribution in [0.5, 0.6) is 0 Å². The van der Waals surface area contributed by atoms with Gasteiger partial charge in [0, 0.05) is 0 Å². The fourth-order valence-corrected chi connectivity index (χ4v) is 5.74. The van der Waals surface area contributed by atoms with Crippen LogP contribution in [0.15, 0.2) is 12.2 Å². The van der Waals surface area contributed by atoms with E-state index in [1.54, 1.807) is 0 Å². The van der Waals surface area contributed by atoms with E-state index in [9.17, 15) is 5.11 Å². The summed E-state index contributed by atoms with van der Waals surface area (Å²) in [6.45, 7) is 2.16. The van der Waals surface area contributed by atoms with Crippen LogP contribution in [0.1, 0.15) is 84.0 Å². The third-order valence-corrected chi connectivity index (χ3v) is 7.17. The van der Waals surface area contributed by atoms with E-state index >= 15 is 0 Å². The van der Waals surface area contributed by atoms with Crippen LogP contribution in [0.25, 0.3) is 0 Å². The Bertz CT molecular complexity index is 337. The molecule has 0 aromatic rings. The van der Waals surface area contributed by atoms with Gasteiger partial charge >= 0.3 is 0 Å². The van der Waals surface area contributed by atoms with Gasteiger partial charge in [-0.25, -0.2) is 0 Å². The Morgan fingerprint density at radius 3 is 1.36 bits per heavy atom. The van der Waals surface area contributed by atoms with Crippen LogP contribution >= 0.6 is 0 Å². The molecule has 0 aliphatic heterocycles. The zero-order chi connectivity index (χ0) is 15.4. The van der Waals surface area contributed by atoms with Crippen molar-refractivity contribution in [2.45, 2.75) is 90.1 Å². The van der Waals surface area contributed by atoms with Gasteiger partial charge in [-0.05, 0) is 114 Å². The largest absolute Gasteiger partial charge is 0.393 e. The Balaban J connectivity index is 1.40. The van der Waals surface area contributed by atoms with Gasteiger partial charge in [0.2, 0.25) is 0 Å². The van der Waals surface area contributed by atoms with Crippen molar-refractivity contribution in [2.24, 2.45) is 29.6 Å². The first-order valence-corrected chi connectivity index (χ1v) is 10.1. The number of hydrogen-bond acceptors (Lipinski definition) is 1. The van der Waals surface area contributed by atoms with Crippen molar-refractivity contribution in [1.29, 1.82) is 0 Å². The topological polar surface area (TPSA) is 20.2 Å². The molecule has 3 saturated carbocycles. The van der Waals surface area contributed by atoms with Gasteiger partial charge in [-0.2, -0.15) is 0 Å². The normalized spacial score (nSPS) is 44.3. The van der Waals surface area contributed by atoms with Crippen LogP contribution in [0.3, 0.4) is 0 Å². The molecule has 0 atom stereocenters. The molecule has 0 spiro atoms. The lowest BCUT2D eigenvalue weighted by Gasteiger charge is -2.40. The van der Waals surface area contributed by atoms with E-state index in [-0.39, 0.29) is 6.10 Å². The monoisotopic (exact) mass is 304 g/mol. The van der Waals surface area contributed by atoms with E-state index in [4.69, 9.17) is 0 Å². The first kappa shape index (κ1) is 16.6. The molecule has 0 heterocycles. The third-order valence-electron chi connectivity index (χ3n) is 7.17.